The number of aliphatic imine (C=N–C) groups is 1. The fraction of sp³-hybridized carbons (Fsp3) is 0.929. The van der Waals surface area contributed by atoms with Crippen LogP contribution in [0.4, 0.5) is 0 Å². The van der Waals surface area contributed by atoms with Crippen LogP contribution in [-0.4, -0.2) is 63.8 Å². The highest BCUT2D eigenvalue weighted by atomic mass is 127. The van der Waals surface area contributed by atoms with Crippen LogP contribution in [0.3, 0.4) is 0 Å². The van der Waals surface area contributed by atoms with E-state index in [2.05, 4.69) is 36.4 Å². The fourth-order valence-corrected chi connectivity index (χ4v) is 2.49. The van der Waals surface area contributed by atoms with Gasteiger partial charge in [0.2, 0.25) is 0 Å². The second-order valence-corrected chi connectivity index (χ2v) is 5.49. The number of hydrogen-bond donors (Lipinski definition) is 2. The van der Waals surface area contributed by atoms with Gasteiger partial charge in [0, 0.05) is 32.8 Å². The maximum atomic E-state index is 5.14. The van der Waals surface area contributed by atoms with Crippen molar-refractivity contribution >= 4 is 29.9 Å². The molecule has 2 atom stereocenters. The molecule has 0 aromatic heterocycles. The topological polar surface area (TPSA) is 48.9 Å². The number of piperidine rings is 1. The minimum Gasteiger partial charge on any atom is -0.383 e. The summed E-state index contributed by atoms with van der Waals surface area (Å²) in [5.74, 6) is 1.59. The minimum absolute atomic E-state index is 0. The molecule has 5 nitrogen and oxygen atoms in total. The number of halogens is 1. The van der Waals surface area contributed by atoms with Crippen LogP contribution in [0.15, 0.2) is 4.99 Å². The third kappa shape index (κ3) is 8.26. The maximum Gasteiger partial charge on any atom is 0.191 e. The first kappa shape index (κ1) is 19.9. The van der Waals surface area contributed by atoms with E-state index in [1.165, 1.54) is 19.4 Å². The molecule has 1 fully saturated rings. The highest BCUT2D eigenvalue weighted by Gasteiger charge is 2.16. The van der Waals surface area contributed by atoms with E-state index in [1.807, 2.05) is 0 Å². The number of guanidine groups is 1. The third-order valence-corrected chi connectivity index (χ3v) is 3.37. The summed E-state index contributed by atoms with van der Waals surface area (Å²) in [6, 6.07) is 0.275. The molecule has 0 radical (unpaired) electrons. The van der Waals surface area contributed by atoms with Gasteiger partial charge in [-0.1, -0.05) is 0 Å². The van der Waals surface area contributed by atoms with Crippen LogP contribution in [0.2, 0.25) is 0 Å². The van der Waals surface area contributed by atoms with Crippen molar-refractivity contribution in [3.05, 3.63) is 0 Å². The molecular weight excluding hydrogens is 367 g/mol. The van der Waals surface area contributed by atoms with Crippen molar-refractivity contribution in [2.24, 2.45) is 10.9 Å². The number of methoxy groups -OCH3 is 1. The van der Waals surface area contributed by atoms with Gasteiger partial charge in [-0.05, 0) is 46.2 Å². The van der Waals surface area contributed by atoms with E-state index in [4.69, 9.17) is 9.73 Å². The number of hydrogen-bond acceptors (Lipinski definition) is 3. The van der Waals surface area contributed by atoms with Gasteiger partial charge >= 0.3 is 0 Å². The summed E-state index contributed by atoms with van der Waals surface area (Å²) >= 11 is 0. The van der Waals surface area contributed by atoms with Gasteiger partial charge in [0.1, 0.15) is 0 Å². The van der Waals surface area contributed by atoms with Crippen LogP contribution < -0.4 is 10.6 Å². The van der Waals surface area contributed by atoms with Crippen molar-refractivity contribution in [2.45, 2.75) is 32.7 Å². The second kappa shape index (κ2) is 11.6. The highest BCUT2D eigenvalue weighted by Crippen LogP contribution is 2.14. The van der Waals surface area contributed by atoms with Crippen molar-refractivity contribution in [1.82, 2.24) is 15.5 Å². The average Bonchev–Trinajstić information content (AvgIpc) is 2.36. The average molecular weight is 398 g/mol. The third-order valence-electron chi connectivity index (χ3n) is 3.37. The van der Waals surface area contributed by atoms with Gasteiger partial charge in [-0.15, -0.1) is 24.0 Å². The van der Waals surface area contributed by atoms with Gasteiger partial charge in [-0.25, -0.2) is 0 Å². The molecule has 2 N–H and O–H groups in total. The number of nitrogens with zero attached hydrogens (tertiary/aromatic N) is 2. The molecule has 0 bridgehead atoms. The first-order chi connectivity index (χ1) is 9.15. The lowest BCUT2D eigenvalue weighted by Gasteiger charge is -2.28. The summed E-state index contributed by atoms with van der Waals surface area (Å²) < 4.78 is 5.14. The summed E-state index contributed by atoms with van der Waals surface area (Å²) in [5.41, 5.74) is 0. The molecule has 0 spiro atoms. The molecule has 2 unspecified atom stereocenters. The van der Waals surface area contributed by atoms with Crippen molar-refractivity contribution in [3.8, 4) is 0 Å². The summed E-state index contributed by atoms with van der Waals surface area (Å²) in [6.07, 6.45) is 2.58. The summed E-state index contributed by atoms with van der Waals surface area (Å²) in [4.78, 5) is 7.11. The Hall–Kier alpha value is -0.0800. The fourth-order valence-electron chi connectivity index (χ4n) is 2.49. The molecule has 0 saturated carbocycles. The van der Waals surface area contributed by atoms with E-state index in [1.54, 1.807) is 7.11 Å². The molecule has 20 heavy (non-hydrogen) atoms. The van der Waals surface area contributed by atoms with Gasteiger partial charge < -0.3 is 20.3 Å². The van der Waals surface area contributed by atoms with Gasteiger partial charge in [0.15, 0.2) is 5.96 Å². The standard InChI is InChI=1S/C14H30N4O.HI/c1-5-15-14(17-12(2)11-19-4)16-9-13-7-6-8-18(3)10-13;/h12-13H,5-11H2,1-4H3,(H2,15,16,17);1H. The first-order valence-corrected chi connectivity index (χ1v) is 7.38. The Labute approximate surface area is 140 Å². The van der Waals surface area contributed by atoms with Gasteiger partial charge in [0.25, 0.3) is 0 Å². The lowest BCUT2D eigenvalue weighted by molar-refractivity contribution is 0.179. The van der Waals surface area contributed by atoms with Gasteiger partial charge in [0.05, 0.1) is 6.61 Å². The molecule has 1 aliphatic heterocycles. The summed E-state index contributed by atoms with van der Waals surface area (Å²) in [6.45, 7) is 9.06. The Bertz CT molecular complexity index is 276. The Morgan fingerprint density at radius 3 is 2.85 bits per heavy atom. The monoisotopic (exact) mass is 398 g/mol. The Morgan fingerprint density at radius 1 is 1.50 bits per heavy atom. The van der Waals surface area contributed by atoms with Crippen molar-refractivity contribution < 1.29 is 4.74 Å². The van der Waals surface area contributed by atoms with Crippen molar-refractivity contribution in [2.75, 3.05) is 46.9 Å². The normalized spacial score (nSPS) is 22.0. The van der Waals surface area contributed by atoms with Gasteiger partial charge in [-0.2, -0.15) is 0 Å². The molecule has 1 saturated heterocycles. The Balaban J connectivity index is 0.00000361. The van der Waals surface area contributed by atoms with Crippen molar-refractivity contribution in [1.29, 1.82) is 0 Å². The first-order valence-electron chi connectivity index (χ1n) is 7.38. The predicted octanol–water partition coefficient (Wildman–Crippen LogP) is 1.54. The Morgan fingerprint density at radius 2 is 2.25 bits per heavy atom. The zero-order valence-electron chi connectivity index (χ0n) is 13.3. The van der Waals surface area contributed by atoms with E-state index in [9.17, 15) is 0 Å². The molecule has 0 aliphatic carbocycles. The van der Waals surface area contributed by atoms with Crippen LogP contribution in [0.1, 0.15) is 26.7 Å². The van der Waals surface area contributed by atoms with Crippen LogP contribution in [0.25, 0.3) is 0 Å². The minimum atomic E-state index is 0. The number of likely N-dealkylation sites (tertiary alicyclic amines) is 1. The molecular formula is C14H31IN4O. The smallest absolute Gasteiger partial charge is 0.191 e. The quantitative estimate of drug-likeness (QED) is 0.405. The molecule has 1 aliphatic rings. The largest absolute Gasteiger partial charge is 0.383 e. The van der Waals surface area contributed by atoms with E-state index in [-0.39, 0.29) is 30.0 Å². The van der Waals surface area contributed by atoms with E-state index in [0.717, 1.165) is 25.6 Å². The molecule has 1 rings (SSSR count). The molecule has 0 amide bonds. The molecule has 0 aromatic carbocycles. The molecule has 120 valence electrons. The van der Waals surface area contributed by atoms with Gasteiger partial charge in [-0.3, -0.25) is 4.99 Å². The lowest BCUT2D eigenvalue weighted by atomic mass is 9.99. The zero-order valence-corrected chi connectivity index (χ0v) is 15.6. The van der Waals surface area contributed by atoms with E-state index in [0.29, 0.717) is 12.5 Å². The summed E-state index contributed by atoms with van der Waals surface area (Å²) in [7, 11) is 3.92. The predicted molar refractivity (Wildman–Crippen MR) is 96.1 cm³/mol. The van der Waals surface area contributed by atoms with Crippen LogP contribution in [0.5, 0.6) is 0 Å². The summed E-state index contributed by atoms with van der Waals surface area (Å²) in [5, 5.41) is 6.66. The second-order valence-electron chi connectivity index (χ2n) is 5.49. The number of nitrogens with one attached hydrogen (secondary N) is 2. The highest BCUT2D eigenvalue weighted by molar-refractivity contribution is 14.0. The number of ether oxygens (including phenoxy) is 1. The SMILES string of the molecule is CCNC(=NCC1CCCN(C)C1)NC(C)COC.I. The van der Waals surface area contributed by atoms with Crippen molar-refractivity contribution in [3.63, 3.8) is 0 Å². The zero-order chi connectivity index (χ0) is 14.1. The van der Waals surface area contributed by atoms with Crippen LogP contribution >= 0.6 is 24.0 Å². The van der Waals surface area contributed by atoms with E-state index < -0.39 is 0 Å². The molecule has 6 heteroatoms. The Kier molecular flexibility index (Phi) is 11.5. The molecule has 0 aromatic rings. The van der Waals surface area contributed by atoms with E-state index >= 15 is 0 Å². The lowest BCUT2D eigenvalue weighted by Crippen LogP contribution is -2.44. The van der Waals surface area contributed by atoms with Crippen LogP contribution in [-0.2, 0) is 4.74 Å². The maximum absolute atomic E-state index is 5.14. The van der Waals surface area contributed by atoms with Crippen LogP contribution in [0, 0.1) is 5.92 Å². The number of rotatable bonds is 6. The molecule has 1 heterocycles.